The van der Waals surface area contributed by atoms with Crippen LogP contribution in [-0.2, 0) is 6.54 Å². The molecule has 2 N–H and O–H groups in total. The molecule has 0 aliphatic carbocycles. The van der Waals surface area contributed by atoms with Gasteiger partial charge in [-0.1, -0.05) is 11.8 Å². The lowest BCUT2D eigenvalue weighted by Gasteiger charge is -2.01. The molecule has 0 bridgehead atoms. The fourth-order valence-electron chi connectivity index (χ4n) is 1.86. The van der Waals surface area contributed by atoms with Gasteiger partial charge < -0.3 is 14.8 Å². The number of carbonyl (C=O) groups excluding carboxylic acids is 1. The molecule has 0 aliphatic heterocycles. The Morgan fingerprint density at radius 2 is 2.24 bits per heavy atom. The van der Waals surface area contributed by atoms with Gasteiger partial charge in [0.2, 0.25) is 0 Å². The molecular formula is C16H17NO3S. The van der Waals surface area contributed by atoms with E-state index in [0.29, 0.717) is 24.3 Å². The number of rotatable bonds is 4. The first-order valence-corrected chi connectivity index (χ1v) is 7.45. The molecule has 2 rings (SSSR count). The molecule has 0 aliphatic rings. The van der Waals surface area contributed by atoms with Crippen LogP contribution in [-0.4, -0.2) is 17.6 Å². The summed E-state index contributed by atoms with van der Waals surface area (Å²) in [6.07, 6.45) is 0.475. The lowest BCUT2D eigenvalue weighted by atomic mass is 10.2. The molecule has 5 heteroatoms. The third kappa shape index (κ3) is 4.22. The van der Waals surface area contributed by atoms with Crippen LogP contribution >= 0.6 is 11.3 Å². The zero-order valence-corrected chi connectivity index (χ0v) is 12.8. The van der Waals surface area contributed by atoms with Crippen LogP contribution in [0.25, 0.3) is 0 Å². The van der Waals surface area contributed by atoms with Crippen molar-refractivity contribution < 1.29 is 14.3 Å². The van der Waals surface area contributed by atoms with Crippen molar-refractivity contribution in [2.24, 2.45) is 0 Å². The van der Waals surface area contributed by atoms with Crippen LogP contribution < -0.4 is 5.32 Å². The van der Waals surface area contributed by atoms with Gasteiger partial charge >= 0.3 is 0 Å². The van der Waals surface area contributed by atoms with E-state index in [4.69, 9.17) is 9.52 Å². The Kier molecular flexibility index (Phi) is 5.20. The topological polar surface area (TPSA) is 62.5 Å². The van der Waals surface area contributed by atoms with Gasteiger partial charge in [-0.2, -0.15) is 0 Å². The first-order chi connectivity index (χ1) is 10.1. The molecule has 110 valence electrons. The minimum absolute atomic E-state index is 0.0742. The highest BCUT2D eigenvalue weighted by Gasteiger charge is 2.13. The molecule has 0 radical (unpaired) electrons. The number of carbonyl (C=O) groups is 1. The molecule has 0 saturated carbocycles. The monoisotopic (exact) mass is 303 g/mol. The smallest absolute Gasteiger partial charge is 0.255 e. The van der Waals surface area contributed by atoms with Crippen LogP contribution in [0.2, 0.25) is 0 Å². The van der Waals surface area contributed by atoms with Crippen molar-refractivity contribution >= 4 is 17.2 Å². The largest absolute Gasteiger partial charge is 0.466 e. The molecule has 21 heavy (non-hydrogen) atoms. The Bertz CT molecular complexity index is 688. The molecule has 0 atom stereocenters. The van der Waals surface area contributed by atoms with Crippen molar-refractivity contribution in [1.82, 2.24) is 5.32 Å². The number of hydrogen-bond acceptors (Lipinski definition) is 4. The van der Waals surface area contributed by atoms with E-state index in [1.807, 2.05) is 19.1 Å². The van der Waals surface area contributed by atoms with E-state index >= 15 is 0 Å². The van der Waals surface area contributed by atoms with E-state index < -0.39 is 0 Å². The summed E-state index contributed by atoms with van der Waals surface area (Å²) in [4.78, 5) is 14.0. The summed E-state index contributed by atoms with van der Waals surface area (Å²) < 4.78 is 5.35. The van der Waals surface area contributed by atoms with Gasteiger partial charge in [0.1, 0.15) is 11.5 Å². The van der Waals surface area contributed by atoms with Crippen LogP contribution in [0.5, 0.6) is 0 Å². The van der Waals surface area contributed by atoms with Gasteiger partial charge in [0, 0.05) is 11.3 Å². The first-order valence-electron chi connectivity index (χ1n) is 6.64. The lowest BCUT2D eigenvalue weighted by Crippen LogP contribution is -2.22. The number of hydrogen-bond donors (Lipinski definition) is 2. The second-order valence-corrected chi connectivity index (χ2v) is 5.72. The molecule has 2 aromatic heterocycles. The first kappa shape index (κ1) is 15.4. The maximum atomic E-state index is 12.0. The fraction of sp³-hybridized carbons (Fsp3) is 0.312. The van der Waals surface area contributed by atoms with E-state index in [2.05, 4.69) is 17.2 Å². The van der Waals surface area contributed by atoms with E-state index in [-0.39, 0.29) is 12.5 Å². The van der Waals surface area contributed by atoms with Crippen molar-refractivity contribution in [3.05, 3.63) is 45.0 Å². The van der Waals surface area contributed by atoms with Crippen LogP contribution in [0.1, 0.15) is 38.1 Å². The number of aryl methyl sites for hydroxylation is 2. The van der Waals surface area contributed by atoms with Crippen LogP contribution in [0, 0.1) is 25.7 Å². The Morgan fingerprint density at radius 1 is 1.43 bits per heavy atom. The number of aliphatic hydroxyl groups is 1. The molecule has 2 aromatic rings. The third-order valence-corrected chi connectivity index (χ3v) is 3.82. The summed E-state index contributed by atoms with van der Waals surface area (Å²) in [7, 11) is 0. The summed E-state index contributed by atoms with van der Waals surface area (Å²) >= 11 is 1.54. The molecular weight excluding hydrogens is 286 g/mol. The van der Waals surface area contributed by atoms with Crippen LogP contribution in [0.15, 0.2) is 22.6 Å². The molecule has 0 aromatic carbocycles. The summed E-state index contributed by atoms with van der Waals surface area (Å²) in [5, 5.41) is 11.5. The van der Waals surface area contributed by atoms with Gasteiger partial charge in [-0.3, -0.25) is 4.79 Å². The SMILES string of the molecule is Cc1cc(C(=O)NCc2ccc(C#CCCO)s2)c(C)o1. The van der Waals surface area contributed by atoms with Crippen LogP contribution in [0.4, 0.5) is 0 Å². The fourth-order valence-corrected chi connectivity index (χ4v) is 2.69. The average molecular weight is 303 g/mol. The summed E-state index contributed by atoms with van der Waals surface area (Å²) in [6.45, 7) is 4.14. The van der Waals surface area contributed by atoms with E-state index in [0.717, 1.165) is 15.5 Å². The highest BCUT2D eigenvalue weighted by atomic mass is 32.1. The Balaban J connectivity index is 1.93. The third-order valence-electron chi connectivity index (χ3n) is 2.82. The minimum Gasteiger partial charge on any atom is -0.466 e. The average Bonchev–Trinajstić information content (AvgIpc) is 3.03. The highest BCUT2D eigenvalue weighted by molar-refractivity contribution is 7.12. The Labute approximate surface area is 127 Å². The maximum Gasteiger partial charge on any atom is 0.255 e. The Hall–Kier alpha value is -2.03. The van der Waals surface area contributed by atoms with E-state index in [9.17, 15) is 4.79 Å². The highest BCUT2D eigenvalue weighted by Crippen LogP contribution is 2.17. The maximum absolute atomic E-state index is 12.0. The Morgan fingerprint density at radius 3 is 2.90 bits per heavy atom. The second kappa shape index (κ2) is 7.11. The summed E-state index contributed by atoms with van der Waals surface area (Å²) in [5.74, 6) is 7.08. The molecule has 2 heterocycles. The summed E-state index contributed by atoms with van der Waals surface area (Å²) in [5.41, 5.74) is 0.576. The quantitative estimate of drug-likeness (QED) is 0.854. The predicted molar refractivity (Wildman–Crippen MR) is 82.3 cm³/mol. The van der Waals surface area contributed by atoms with E-state index in [1.165, 1.54) is 11.3 Å². The van der Waals surface area contributed by atoms with Gasteiger partial charge in [-0.15, -0.1) is 11.3 Å². The van der Waals surface area contributed by atoms with Crippen molar-refractivity contribution in [2.75, 3.05) is 6.61 Å². The molecule has 1 amide bonds. The van der Waals surface area contributed by atoms with Gasteiger partial charge in [0.05, 0.1) is 23.6 Å². The van der Waals surface area contributed by atoms with Crippen molar-refractivity contribution in [2.45, 2.75) is 26.8 Å². The molecule has 4 nitrogen and oxygen atoms in total. The normalized spacial score (nSPS) is 10.0. The van der Waals surface area contributed by atoms with Crippen molar-refractivity contribution in [3.8, 4) is 11.8 Å². The molecule has 0 unspecified atom stereocenters. The zero-order chi connectivity index (χ0) is 15.2. The number of thiophene rings is 1. The van der Waals surface area contributed by atoms with Crippen LogP contribution in [0.3, 0.4) is 0 Å². The molecule has 0 fully saturated rings. The van der Waals surface area contributed by atoms with Gasteiger partial charge in [0.25, 0.3) is 5.91 Å². The molecule has 0 saturated heterocycles. The lowest BCUT2D eigenvalue weighted by molar-refractivity contribution is 0.0950. The molecule has 0 spiro atoms. The number of furan rings is 1. The minimum atomic E-state index is -0.134. The van der Waals surface area contributed by atoms with Gasteiger partial charge in [0.15, 0.2) is 0 Å². The van der Waals surface area contributed by atoms with Gasteiger partial charge in [-0.25, -0.2) is 0 Å². The predicted octanol–water partition coefficient (Wildman–Crippen LogP) is 2.62. The van der Waals surface area contributed by atoms with Crippen molar-refractivity contribution in [1.29, 1.82) is 0 Å². The second-order valence-electron chi connectivity index (χ2n) is 4.55. The summed E-state index contributed by atoms with van der Waals surface area (Å²) in [6, 6.07) is 5.61. The number of amides is 1. The number of nitrogens with one attached hydrogen (secondary N) is 1. The van der Waals surface area contributed by atoms with Gasteiger partial charge in [-0.05, 0) is 32.0 Å². The standard InChI is InChI=1S/C16H17NO3S/c1-11-9-15(12(2)20-11)16(19)17-10-14-7-6-13(21-14)5-3-4-8-18/h6-7,9,18H,4,8,10H2,1-2H3,(H,17,19). The van der Waals surface area contributed by atoms with Crippen molar-refractivity contribution in [3.63, 3.8) is 0 Å². The number of aliphatic hydroxyl groups excluding tert-OH is 1. The van der Waals surface area contributed by atoms with E-state index in [1.54, 1.807) is 13.0 Å². The zero-order valence-electron chi connectivity index (χ0n) is 12.0.